The maximum atomic E-state index is 11.6. The van der Waals surface area contributed by atoms with Crippen molar-refractivity contribution >= 4 is 23.5 Å². The van der Waals surface area contributed by atoms with Gasteiger partial charge >= 0.3 is 5.97 Å². The van der Waals surface area contributed by atoms with Gasteiger partial charge in [0.25, 0.3) is 0 Å². The molecule has 0 aromatic heterocycles. The predicted molar refractivity (Wildman–Crippen MR) is 53.4 cm³/mol. The molecule has 2 atom stereocenters. The molecule has 2 unspecified atom stereocenters. The summed E-state index contributed by atoms with van der Waals surface area (Å²) < 4.78 is 4.59. The van der Waals surface area contributed by atoms with Crippen molar-refractivity contribution in [1.29, 1.82) is 0 Å². The number of rotatable bonds is 3. The van der Waals surface area contributed by atoms with Gasteiger partial charge in [-0.2, -0.15) is 0 Å². The molecule has 1 aliphatic rings. The third-order valence-corrected chi connectivity index (χ3v) is 2.94. The molecule has 0 saturated carbocycles. The molecule has 0 aromatic rings. The van der Waals surface area contributed by atoms with Crippen molar-refractivity contribution in [2.45, 2.75) is 26.0 Å². The fourth-order valence-electron chi connectivity index (χ4n) is 1.06. The van der Waals surface area contributed by atoms with E-state index in [1.54, 1.807) is 13.8 Å². The number of aliphatic hydroxyl groups excluding tert-OH is 1. The van der Waals surface area contributed by atoms with Gasteiger partial charge in [-0.15, -0.1) is 11.6 Å². The first-order chi connectivity index (χ1) is 6.88. The maximum absolute atomic E-state index is 11.6. The van der Waals surface area contributed by atoms with Crippen LogP contribution in [0.2, 0.25) is 0 Å². The van der Waals surface area contributed by atoms with Crippen molar-refractivity contribution in [3.63, 3.8) is 0 Å². The number of aliphatic hydroxyl groups is 1. The van der Waals surface area contributed by atoms with Crippen molar-refractivity contribution in [3.05, 3.63) is 0 Å². The second-order valence-corrected chi connectivity index (χ2v) is 4.43. The van der Waals surface area contributed by atoms with Crippen LogP contribution >= 0.6 is 11.6 Å². The summed E-state index contributed by atoms with van der Waals surface area (Å²) in [6, 6.07) is -0.972. The summed E-state index contributed by atoms with van der Waals surface area (Å²) in [6.45, 7) is 3.23. The number of halogens is 1. The number of carbonyl (C=O) groups excluding carboxylic acids is 2. The van der Waals surface area contributed by atoms with E-state index in [9.17, 15) is 14.7 Å². The van der Waals surface area contributed by atoms with Crippen molar-refractivity contribution in [1.82, 2.24) is 5.32 Å². The summed E-state index contributed by atoms with van der Waals surface area (Å²) in [4.78, 5) is 22.7. The van der Waals surface area contributed by atoms with Crippen LogP contribution in [0.3, 0.4) is 0 Å². The molecule has 86 valence electrons. The topological polar surface area (TPSA) is 75.6 Å². The van der Waals surface area contributed by atoms with Crippen LogP contribution in [0.15, 0.2) is 0 Å². The highest BCUT2D eigenvalue weighted by atomic mass is 35.5. The Morgan fingerprint density at radius 2 is 2.33 bits per heavy atom. The molecule has 1 saturated heterocycles. The Hall–Kier alpha value is -0.810. The Morgan fingerprint density at radius 3 is 2.73 bits per heavy atom. The molecular weight excluding hydrogens is 222 g/mol. The zero-order chi connectivity index (χ0) is 11.6. The largest absolute Gasteiger partial charge is 0.461 e. The average Bonchev–Trinajstić information content (AvgIpc) is 2.49. The highest BCUT2D eigenvalue weighted by molar-refractivity contribution is 6.19. The second kappa shape index (κ2) is 4.37. The number of amides is 1. The molecule has 1 amide bonds. The maximum Gasteiger partial charge on any atom is 0.331 e. The smallest absolute Gasteiger partial charge is 0.331 e. The van der Waals surface area contributed by atoms with Crippen molar-refractivity contribution in [3.8, 4) is 0 Å². The molecule has 6 heteroatoms. The summed E-state index contributed by atoms with van der Waals surface area (Å²) in [5.74, 6) is -0.849. The van der Waals surface area contributed by atoms with E-state index < -0.39 is 23.5 Å². The van der Waals surface area contributed by atoms with Gasteiger partial charge in [0.2, 0.25) is 5.91 Å². The minimum atomic E-state index is -0.979. The Kier molecular flexibility index (Phi) is 3.57. The van der Waals surface area contributed by atoms with Gasteiger partial charge in [0.05, 0.1) is 5.41 Å². The second-order valence-electron chi connectivity index (χ2n) is 4.17. The van der Waals surface area contributed by atoms with E-state index in [1.807, 2.05) is 0 Å². The Labute approximate surface area is 92.7 Å². The number of esters is 1. The van der Waals surface area contributed by atoms with E-state index in [4.69, 9.17) is 11.6 Å². The van der Waals surface area contributed by atoms with Crippen LogP contribution in [0.25, 0.3) is 0 Å². The molecule has 0 aromatic carbocycles. The third-order valence-electron chi connectivity index (χ3n) is 2.27. The molecular formula is C9H14ClNO4. The minimum absolute atomic E-state index is 0.0783. The molecule has 1 fully saturated rings. The van der Waals surface area contributed by atoms with Crippen molar-refractivity contribution < 1.29 is 19.4 Å². The van der Waals surface area contributed by atoms with Crippen LogP contribution < -0.4 is 5.32 Å². The SMILES string of the molecule is CC(C)(CCl)C(=O)NC1C(=O)OCC1O. The Bertz CT molecular complexity index is 279. The quantitative estimate of drug-likeness (QED) is 0.518. The highest BCUT2D eigenvalue weighted by Gasteiger charge is 2.39. The fraction of sp³-hybridized carbons (Fsp3) is 0.778. The van der Waals surface area contributed by atoms with Gasteiger partial charge in [0.1, 0.15) is 12.7 Å². The number of hydrogen-bond donors (Lipinski definition) is 2. The van der Waals surface area contributed by atoms with Gasteiger partial charge in [-0.1, -0.05) is 0 Å². The molecule has 15 heavy (non-hydrogen) atoms. The number of carbonyl (C=O) groups is 2. The first kappa shape index (κ1) is 12.3. The van der Waals surface area contributed by atoms with Gasteiger partial charge in [-0.3, -0.25) is 4.79 Å². The first-order valence-electron chi connectivity index (χ1n) is 4.60. The van der Waals surface area contributed by atoms with Crippen LogP contribution in [0, 0.1) is 5.41 Å². The summed E-state index contributed by atoms with van der Waals surface area (Å²) in [5.41, 5.74) is -0.774. The Balaban J connectivity index is 2.62. The van der Waals surface area contributed by atoms with Crippen molar-refractivity contribution in [2.75, 3.05) is 12.5 Å². The van der Waals surface area contributed by atoms with Crippen LogP contribution in [0.1, 0.15) is 13.8 Å². The third kappa shape index (κ3) is 2.60. The minimum Gasteiger partial charge on any atom is -0.461 e. The molecule has 0 bridgehead atoms. The summed E-state index contributed by atoms with van der Waals surface area (Å²) in [7, 11) is 0. The van der Waals surface area contributed by atoms with E-state index >= 15 is 0 Å². The van der Waals surface area contributed by atoms with Gasteiger partial charge in [0, 0.05) is 5.88 Å². The lowest BCUT2D eigenvalue weighted by molar-refractivity contribution is -0.142. The molecule has 1 aliphatic heterocycles. The molecule has 2 N–H and O–H groups in total. The Morgan fingerprint density at radius 1 is 1.73 bits per heavy atom. The number of nitrogens with one attached hydrogen (secondary N) is 1. The summed E-state index contributed by atoms with van der Waals surface area (Å²) in [6.07, 6.45) is -0.979. The molecule has 0 radical (unpaired) electrons. The molecule has 0 aliphatic carbocycles. The van der Waals surface area contributed by atoms with E-state index in [-0.39, 0.29) is 18.4 Å². The lowest BCUT2D eigenvalue weighted by Gasteiger charge is -2.22. The fourth-order valence-corrected chi connectivity index (χ4v) is 1.18. The summed E-state index contributed by atoms with van der Waals surface area (Å²) in [5, 5.41) is 11.8. The van der Waals surface area contributed by atoms with Gasteiger partial charge < -0.3 is 15.2 Å². The lowest BCUT2D eigenvalue weighted by Crippen LogP contribution is -2.50. The zero-order valence-corrected chi connectivity index (χ0v) is 9.37. The molecule has 5 nitrogen and oxygen atoms in total. The van der Waals surface area contributed by atoms with Crippen LogP contribution in [-0.2, 0) is 14.3 Å². The number of alkyl halides is 1. The van der Waals surface area contributed by atoms with Crippen LogP contribution in [0.5, 0.6) is 0 Å². The normalized spacial score (nSPS) is 26.3. The molecule has 1 heterocycles. The van der Waals surface area contributed by atoms with Gasteiger partial charge in [-0.25, -0.2) is 4.79 Å². The van der Waals surface area contributed by atoms with E-state index in [1.165, 1.54) is 0 Å². The molecule has 0 spiro atoms. The van der Waals surface area contributed by atoms with E-state index in [0.717, 1.165) is 0 Å². The van der Waals surface area contributed by atoms with E-state index in [0.29, 0.717) is 0 Å². The highest BCUT2D eigenvalue weighted by Crippen LogP contribution is 2.18. The average molecular weight is 236 g/mol. The number of ether oxygens (including phenoxy) is 1. The number of cyclic esters (lactones) is 1. The molecule has 1 rings (SSSR count). The zero-order valence-electron chi connectivity index (χ0n) is 8.62. The van der Waals surface area contributed by atoms with Gasteiger partial charge in [-0.05, 0) is 13.8 Å². The van der Waals surface area contributed by atoms with Gasteiger partial charge in [0.15, 0.2) is 6.04 Å². The monoisotopic (exact) mass is 235 g/mol. The van der Waals surface area contributed by atoms with Crippen LogP contribution in [-0.4, -0.2) is 41.6 Å². The van der Waals surface area contributed by atoms with Crippen LogP contribution in [0.4, 0.5) is 0 Å². The number of hydrogen-bond acceptors (Lipinski definition) is 4. The van der Waals surface area contributed by atoms with E-state index in [2.05, 4.69) is 10.1 Å². The lowest BCUT2D eigenvalue weighted by atomic mass is 9.94. The van der Waals surface area contributed by atoms with Crippen molar-refractivity contribution in [2.24, 2.45) is 5.41 Å². The predicted octanol–water partition coefficient (Wildman–Crippen LogP) is -0.346. The summed E-state index contributed by atoms with van der Waals surface area (Å²) >= 11 is 5.61. The first-order valence-corrected chi connectivity index (χ1v) is 5.13. The standard InChI is InChI=1S/C9H14ClNO4/c1-9(2,4-10)8(14)11-6-5(12)3-15-7(6)13/h5-6,12H,3-4H2,1-2H3,(H,11,14).